The number of rotatable bonds is 3. The molecule has 2 heterocycles. The Kier molecular flexibility index (Phi) is 3.54. The monoisotopic (exact) mass is 277 g/mol. The Morgan fingerprint density at radius 2 is 2.21 bits per heavy atom. The van der Waals surface area contributed by atoms with Gasteiger partial charge in [-0.1, -0.05) is 19.3 Å². The fraction of sp³-hybridized carbons (Fsp3) is 0.500. The number of carbonyl (C=O) groups is 1. The number of nitrogens with zero attached hydrogens (tertiary/aromatic N) is 4. The number of hydrogen-bond donors (Lipinski definition) is 1. The summed E-state index contributed by atoms with van der Waals surface area (Å²) in [5.74, 6) is -0.0209. The van der Waals surface area contributed by atoms with E-state index >= 15 is 0 Å². The molecule has 1 amide bonds. The van der Waals surface area contributed by atoms with Gasteiger partial charge in [0.2, 0.25) is 0 Å². The highest BCUT2D eigenvalue weighted by molar-refractivity contribution is 7.12. The first-order valence-corrected chi connectivity index (χ1v) is 7.34. The lowest BCUT2D eigenvalue weighted by molar-refractivity contribution is 0.0931. The lowest BCUT2D eigenvalue weighted by Gasteiger charge is -2.22. The minimum absolute atomic E-state index is 0.0209. The van der Waals surface area contributed by atoms with Crippen molar-refractivity contribution in [1.82, 2.24) is 25.5 Å². The summed E-state index contributed by atoms with van der Waals surface area (Å²) in [6.07, 6.45) is 7.35. The van der Waals surface area contributed by atoms with Crippen LogP contribution in [0.5, 0.6) is 0 Å². The molecule has 0 radical (unpaired) electrons. The van der Waals surface area contributed by atoms with Crippen LogP contribution in [-0.2, 0) is 0 Å². The van der Waals surface area contributed by atoms with E-state index in [2.05, 4.69) is 20.8 Å². The van der Waals surface area contributed by atoms with Gasteiger partial charge in [-0.25, -0.2) is 0 Å². The summed E-state index contributed by atoms with van der Waals surface area (Å²) in [6, 6.07) is 2.17. The summed E-state index contributed by atoms with van der Waals surface area (Å²) < 4.78 is 1.52. The highest BCUT2D eigenvalue weighted by atomic mass is 32.1. The second kappa shape index (κ2) is 5.48. The van der Waals surface area contributed by atoms with Gasteiger partial charge in [-0.05, 0) is 34.7 Å². The zero-order valence-corrected chi connectivity index (χ0v) is 11.3. The number of aromatic nitrogens is 4. The predicted octanol–water partition coefficient (Wildman–Crippen LogP) is 1.79. The number of amides is 1. The van der Waals surface area contributed by atoms with E-state index in [9.17, 15) is 4.79 Å². The van der Waals surface area contributed by atoms with Gasteiger partial charge < -0.3 is 5.32 Å². The van der Waals surface area contributed by atoms with Crippen LogP contribution >= 0.6 is 11.3 Å². The molecule has 19 heavy (non-hydrogen) atoms. The van der Waals surface area contributed by atoms with Crippen LogP contribution in [0.1, 0.15) is 41.8 Å². The van der Waals surface area contributed by atoms with Crippen LogP contribution in [0.4, 0.5) is 0 Å². The molecule has 0 bridgehead atoms. The van der Waals surface area contributed by atoms with Gasteiger partial charge in [0, 0.05) is 6.04 Å². The van der Waals surface area contributed by atoms with Crippen molar-refractivity contribution in [2.75, 3.05) is 0 Å². The van der Waals surface area contributed by atoms with E-state index in [1.165, 1.54) is 41.6 Å². The predicted molar refractivity (Wildman–Crippen MR) is 71.4 cm³/mol. The van der Waals surface area contributed by atoms with Crippen LogP contribution in [0.25, 0.3) is 5.69 Å². The van der Waals surface area contributed by atoms with E-state index < -0.39 is 0 Å². The molecule has 2 aromatic heterocycles. The molecule has 0 atom stereocenters. The van der Waals surface area contributed by atoms with Crippen molar-refractivity contribution >= 4 is 17.2 Å². The van der Waals surface area contributed by atoms with Gasteiger partial charge in [0.1, 0.15) is 11.2 Å². The number of carbonyl (C=O) groups excluding carboxylic acids is 1. The fourth-order valence-electron chi connectivity index (χ4n) is 2.42. The Bertz CT molecular complexity index is 544. The molecule has 0 unspecified atom stereocenters. The Morgan fingerprint density at radius 3 is 2.95 bits per heavy atom. The second-order valence-electron chi connectivity index (χ2n) is 4.70. The van der Waals surface area contributed by atoms with Crippen LogP contribution in [0.3, 0.4) is 0 Å². The van der Waals surface area contributed by atoms with E-state index in [0.717, 1.165) is 18.5 Å². The van der Waals surface area contributed by atoms with E-state index in [1.54, 1.807) is 0 Å². The van der Waals surface area contributed by atoms with Crippen molar-refractivity contribution < 1.29 is 4.79 Å². The smallest absolute Gasteiger partial charge is 0.263 e. The number of nitrogens with one attached hydrogen (secondary N) is 1. The maximum Gasteiger partial charge on any atom is 0.263 e. The summed E-state index contributed by atoms with van der Waals surface area (Å²) in [5, 5.41) is 16.0. The Morgan fingerprint density at radius 1 is 1.37 bits per heavy atom. The Hall–Kier alpha value is -1.76. The molecule has 6 nitrogen and oxygen atoms in total. The lowest BCUT2D eigenvalue weighted by atomic mass is 9.95. The van der Waals surface area contributed by atoms with E-state index in [4.69, 9.17) is 0 Å². The summed E-state index contributed by atoms with van der Waals surface area (Å²) >= 11 is 1.42. The van der Waals surface area contributed by atoms with E-state index in [-0.39, 0.29) is 5.91 Å². The van der Waals surface area contributed by atoms with Gasteiger partial charge in [0.15, 0.2) is 0 Å². The summed E-state index contributed by atoms with van der Waals surface area (Å²) in [5.41, 5.74) is 0.739. The molecule has 1 aliphatic carbocycles. The fourth-order valence-corrected chi connectivity index (χ4v) is 3.20. The first kappa shape index (κ1) is 12.3. The molecule has 0 aliphatic heterocycles. The van der Waals surface area contributed by atoms with Gasteiger partial charge in [-0.2, -0.15) is 4.68 Å². The van der Waals surface area contributed by atoms with Crippen molar-refractivity contribution in [3.8, 4) is 5.69 Å². The molecule has 0 aromatic carbocycles. The van der Waals surface area contributed by atoms with Gasteiger partial charge in [-0.15, -0.1) is 16.4 Å². The summed E-state index contributed by atoms with van der Waals surface area (Å²) in [7, 11) is 0. The van der Waals surface area contributed by atoms with Crippen molar-refractivity contribution in [1.29, 1.82) is 0 Å². The standard InChI is InChI=1S/C12H15N5OS/c18-12(14-9-4-2-1-3-5-9)11-10(6-7-19-11)17-8-13-15-16-17/h6-9H,1-5H2,(H,14,18). The molecule has 100 valence electrons. The average Bonchev–Trinajstić information content (AvgIpc) is 3.10. The molecule has 7 heteroatoms. The zero-order chi connectivity index (χ0) is 13.1. The van der Waals surface area contributed by atoms with Crippen LogP contribution in [0.2, 0.25) is 0 Å². The number of thiophene rings is 1. The third-order valence-corrected chi connectivity index (χ3v) is 4.29. The molecule has 1 fully saturated rings. The molecule has 3 rings (SSSR count). The molecule has 1 N–H and O–H groups in total. The first-order chi connectivity index (χ1) is 9.34. The summed E-state index contributed by atoms with van der Waals surface area (Å²) in [4.78, 5) is 13.0. The van der Waals surface area contributed by atoms with Crippen LogP contribution in [-0.4, -0.2) is 32.2 Å². The molecule has 2 aromatic rings. The maximum absolute atomic E-state index is 12.3. The van der Waals surface area contributed by atoms with Gasteiger partial charge >= 0.3 is 0 Å². The lowest BCUT2D eigenvalue weighted by Crippen LogP contribution is -2.36. The SMILES string of the molecule is O=C(NC1CCCCC1)c1sccc1-n1cnnn1. The van der Waals surface area contributed by atoms with Crippen molar-refractivity contribution in [2.45, 2.75) is 38.1 Å². The van der Waals surface area contributed by atoms with E-state index in [1.807, 2.05) is 11.4 Å². The van der Waals surface area contributed by atoms with Crippen molar-refractivity contribution in [3.63, 3.8) is 0 Å². The molecule has 1 saturated carbocycles. The minimum Gasteiger partial charge on any atom is -0.349 e. The zero-order valence-electron chi connectivity index (χ0n) is 10.5. The summed E-state index contributed by atoms with van der Waals surface area (Å²) in [6.45, 7) is 0. The van der Waals surface area contributed by atoms with Crippen molar-refractivity contribution in [3.05, 3.63) is 22.7 Å². The Balaban J connectivity index is 1.75. The molecular weight excluding hydrogens is 262 g/mol. The topological polar surface area (TPSA) is 72.7 Å². The molecule has 0 saturated heterocycles. The largest absolute Gasteiger partial charge is 0.349 e. The third-order valence-electron chi connectivity index (χ3n) is 3.39. The number of tetrazole rings is 1. The number of hydrogen-bond acceptors (Lipinski definition) is 5. The van der Waals surface area contributed by atoms with Gasteiger partial charge in [0.05, 0.1) is 5.69 Å². The molecular formula is C12H15N5OS. The molecule has 0 spiro atoms. The van der Waals surface area contributed by atoms with Crippen LogP contribution in [0, 0.1) is 0 Å². The Labute approximate surface area is 114 Å². The quantitative estimate of drug-likeness (QED) is 0.928. The first-order valence-electron chi connectivity index (χ1n) is 6.46. The second-order valence-corrected chi connectivity index (χ2v) is 5.61. The maximum atomic E-state index is 12.3. The highest BCUT2D eigenvalue weighted by Gasteiger charge is 2.20. The van der Waals surface area contributed by atoms with Crippen molar-refractivity contribution in [2.24, 2.45) is 0 Å². The highest BCUT2D eigenvalue weighted by Crippen LogP contribution is 2.22. The van der Waals surface area contributed by atoms with Crippen LogP contribution < -0.4 is 5.32 Å². The average molecular weight is 277 g/mol. The normalized spacial score (nSPS) is 16.4. The third kappa shape index (κ3) is 2.65. The van der Waals surface area contributed by atoms with Crippen LogP contribution in [0.15, 0.2) is 17.8 Å². The van der Waals surface area contributed by atoms with Gasteiger partial charge in [0.25, 0.3) is 5.91 Å². The van der Waals surface area contributed by atoms with E-state index in [0.29, 0.717) is 10.9 Å². The molecule has 1 aliphatic rings. The minimum atomic E-state index is -0.0209. The van der Waals surface area contributed by atoms with Gasteiger partial charge in [-0.3, -0.25) is 4.79 Å².